The van der Waals surface area contributed by atoms with Gasteiger partial charge in [0, 0.05) is 11.1 Å². The summed E-state index contributed by atoms with van der Waals surface area (Å²) in [6.07, 6.45) is 0.0216. The molecule has 0 radical (unpaired) electrons. The molecule has 1 N–H and O–H groups in total. The average Bonchev–Trinajstić information content (AvgIpc) is 2.18. The van der Waals surface area contributed by atoms with Crippen LogP contribution in [0.3, 0.4) is 0 Å². The molecule has 1 aromatic heterocycles. The second kappa shape index (κ2) is 3.69. The van der Waals surface area contributed by atoms with E-state index in [2.05, 4.69) is 4.98 Å². The highest BCUT2D eigenvalue weighted by Crippen LogP contribution is 2.17. The van der Waals surface area contributed by atoms with Crippen molar-refractivity contribution in [3.63, 3.8) is 0 Å². The summed E-state index contributed by atoms with van der Waals surface area (Å²) in [7, 11) is 0. The van der Waals surface area contributed by atoms with Crippen LogP contribution >= 0.6 is 0 Å². The summed E-state index contributed by atoms with van der Waals surface area (Å²) in [6.45, 7) is 1.90. The van der Waals surface area contributed by atoms with Gasteiger partial charge in [-0.2, -0.15) is 0 Å². The van der Waals surface area contributed by atoms with Gasteiger partial charge in [0.25, 0.3) is 0 Å². The predicted octanol–water partition coefficient (Wildman–Crippen LogP) is 2.17. The normalized spacial score (nSPS) is 10.5. The molecule has 0 aliphatic carbocycles. The molecule has 0 saturated carbocycles. The van der Waals surface area contributed by atoms with Gasteiger partial charge in [0.1, 0.15) is 0 Å². The first-order valence-corrected chi connectivity index (χ1v) is 4.74. The van der Waals surface area contributed by atoms with Gasteiger partial charge in [-0.25, -0.2) is 0 Å². The number of fused-ring (bicyclic) bond motifs is 1. The van der Waals surface area contributed by atoms with Gasteiger partial charge in [0.05, 0.1) is 11.9 Å². The number of rotatable bonds is 2. The highest BCUT2D eigenvalue weighted by atomic mass is 16.4. The predicted molar refractivity (Wildman–Crippen MR) is 57.8 cm³/mol. The van der Waals surface area contributed by atoms with E-state index in [1.54, 1.807) is 0 Å². The molecule has 0 spiro atoms. The summed E-state index contributed by atoms with van der Waals surface area (Å²) in [5.41, 5.74) is 2.46. The van der Waals surface area contributed by atoms with Crippen molar-refractivity contribution in [2.45, 2.75) is 13.3 Å². The maximum Gasteiger partial charge on any atom is 0.307 e. The quantitative estimate of drug-likeness (QED) is 0.810. The third-order valence-corrected chi connectivity index (χ3v) is 2.28. The van der Waals surface area contributed by atoms with Crippen molar-refractivity contribution < 1.29 is 9.90 Å². The second-order valence-electron chi connectivity index (χ2n) is 3.51. The van der Waals surface area contributed by atoms with Crippen molar-refractivity contribution in [2.24, 2.45) is 0 Å². The molecule has 0 atom stereocenters. The zero-order valence-corrected chi connectivity index (χ0v) is 8.40. The fraction of sp³-hybridized carbons (Fsp3) is 0.167. The van der Waals surface area contributed by atoms with Gasteiger partial charge in [-0.3, -0.25) is 9.78 Å². The van der Waals surface area contributed by atoms with E-state index in [0.717, 1.165) is 22.2 Å². The van der Waals surface area contributed by atoms with Gasteiger partial charge >= 0.3 is 5.97 Å². The number of carbonyl (C=O) groups is 1. The molecule has 0 unspecified atom stereocenters. The molecule has 0 fully saturated rings. The zero-order chi connectivity index (χ0) is 10.8. The third-order valence-electron chi connectivity index (χ3n) is 2.28. The van der Waals surface area contributed by atoms with E-state index < -0.39 is 5.97 Å². The number of hydrogen-bond acceptors (Lipinski definition) is 2. The van der Waals surface area contributed by atoms with Crippen LogP contribution in [0.5, 0.6) is 0 Å². The van der Waals surface area contributed by atoms with E-state index in [9.17, 15) is 4.79 Å². The van der Waals surface area contributed by atoms with Crippen LogP contribution in [0.1, 0.15) is 11.3 Å². The molecule has 0 saturated heterocycles. The van der Waals surface area contributed by atoms with Crippen LogP contribution in [0.4, 0.5) is 0 Å². The molecule has 0 aliphatic heterocycles. The van der Waals surface area contributed by atoms with Crippen LogP contribution in [-0.4, -0.2) is 16.1 Å². The molecular weight excluding hydrogens is 190 g/mol. The topological polar surface area (TPSA) is 50.2 Å². The Morgan fingerprint density at radius 2 is 2.13 bits per heavy atom. The Labute approximate surface area is 87.4 Å². The molecule has 3 heteroatoms. The Balaban J connectivity index is 2.63. The molecule has 0 amide bonds. The zero-order valence-electron chi connectivity index (χ0n) is 8.40. The van der Waals surface area contributed by atoms with Crippen molar-refractivity contribution in [1.82, 2.24) is 4.98 Å². The maximum atomic E-state index is 10.7. The minimum Gasteiger partial charge on any atom is -0.481 e. The van der Waals surface area contributed by atoms with Crippen molar-refractivity contribution in [3.8, 4) is 0 Å². The molecular formula is C12H11NO2. The number of aryl methyl sites for hydroxylation is 1. The number of nitrogens with zero attached hydrogens (tertiary/aromatic N) is 1. The molecule has 1 aromatic carbocycles. The lowest BCUT2D eigenvalue weighted by molar-refractivity contribution is -0.136. The van der Waals surface area contributed by atoms with E-state index in [-0.39, 0.29) is 6.42 Å². The fourth-order valence-corrected chi connectivity index (χ4v) is 1.61. The highest BCUT2D eigenvalue weighted by Gasteiger charge is 2.06. The summed E-state index contributed by atoms with van der Waals surface area (Å²) >= 11 is 0. The average molecular weight is 201 g/mol. The van der Waals surface area contributed by atoms with Crippen LogP contribution in [0, 0.1) is 6.92 Å². The SMILES string of the molecule is Cc1ccc2cccc(CC(=O)O)c2n1. The van der Waals surface area contributed by atoms with Gasteiger partial charge in [-0.1, -0.05) is 24.3 Å². The first kappa shape index (κ1) is 9.65. The van der Waals surface area contributed by atoms with E-state index >= 15 is 0 Å². The molecule has 76 valence electrons. The van der Waals surface area contributed by atoms with E-state index in [0.29, 0.717) is 0 Å². The summed E-state index contributed by atoms with van der Waals surface area (Å²) in [5, 5.41) is 9.75. The number of hydrogen-bond donors (Lipinski definition) is 1. The smallest absolute Gasteiger partial charge is 0.307 e. The monoisotopic (exact) mass is 201 g/mol. The number of benzene rings is 1. The molecule has 2 aromatic rings. The Morgan fingerprint density at radius 1 is 1.33 bits per heavy atom. The molecule has 15 heavy (non-hydrogen) atoms. The van der Waals surface area contributed by atoms with Crippen LogP contribution in [-0.2, 0) is 11.2 Å². The molecule has 0 aliphatic rings. The van der Waals surface area contributed by atoms with Crippen molar-refractivity contribution >= 4 is 16.9 Å². The standard InChI is InChI=1S/C12H11NO2/c1-8-5-6-9-3-2-4-10(7-11(14)15)12(9)13-8/h2-6H,7H2,1H3,(H,14,15). The first-order chi connectivity index (χ1) is 7.16. The number of aliphatic carboxylic acids is 1. The van der Waals surface area contributed by atoms with Crippen LogP contribution < -0.4 is 0 Å². The van der Waals surface area contributed by atoms with Gasteiger partial charge in [0.2, 0.25) is 0 Å². The third kappa shape index (κ3) is 1.96. The summed E-state index contributed by atoms with van der Waals surface area (Å²) in [4.78, 5) is 15.0. The van der Waals surface area contributed by atoms with E-state index in [1.165, 1.54) is 0 Å². The van der Waals surface area contributed by atoms with Crippen LogP contribution in [0.25, 0.3) is 10.9 Å². The van der Waals surface area contributed by atoms with Crippen LogP contribution in [0.2, 0.25) is 0 Å². The first-order valence-electron chi connectivity index (χ1n) is 4.74. The Hall–Kier alpha value is -1.90. The molecule has 3 nitrogen and oxygen atoms in total. The summed E-state index contributed by atoms with van der Waals surface area (Å²) < 4.78 is 0. The summed E-state index contributed by atoms with van der Waals surface area (Å²) in [6, 6.07) is 9.49. The van der Waals surface area contributed by atoms with Crippen molar-refractivity contribution in [1.29, 1.82) is 0 Å². The lowest BCUT2D eigenvalue weighted by Crippen LogP contribution is -2.01. The van der Waals surface area contributed by atoms with Gasteiger partial charge in [-0.05, 0) is 18.6 Å². The molecule has 0 bridgehead atoms. The highest BCUT2D eigenvalue weighted by molar-refractivity contribution is 5.85. The Kier molecular flexibility index (Phi) is 2.37. The Bertz CT molecular complexity index is 520. The molecule has 1 heterocycles. The lowest BCUT2D eigenvalue weighted by Gasteiger charge is -2.03. The number of para-hydroxylation sites is 1. The second-order valence-corrected chi connectivity index (χ2v) is 3.51. The van der Waals surface area contributed by atoms with E-state index in [4.69, 9.17) is 5.11 Å². The van der Waals surface area contributed by atoms with Gasteiger partial charge in [0.15, 0.2) is 0 Å². The van der Waals surface area contributed by atoms with Gasteiger partial charge < -0.3 is 5.11 Å². The number of aromatic nitrogens is 1. The van der Waals surface area contributed by atoms with Gasteiger partial charge in [-0.15, -0.1) is 0 Å². The van der Waals surface area contributed by atoms with Crippen LogP contribution in [0.15, 0.2) is 30.3 Å². The minimum absolute atomic E-state index is 0.0216. The largest absolute Gasteiger partial charge is 0.481 e. The number of carboxylic acids is 1. The van der Waals surface area contributed by atoms with E-state index in [1.807, 2.05) is 37.3 Å². The maximum absolute atomic E-state index is 10.7. The fourth-order valence-electron chi connectivity index (χ4n) is 1.61. The van der Waals surface area contributed by atoms with Crippen molar-refractivity contribution in [3.05, 3.63) is 41.6 Å². The summed E-state index contributed by atoms with van der Waals surface area (Å²) in [5.74, 6) is -0.828. The lowest BCUT2D eigenvalue weighted by atomic mass is 10.1. The minimum atomic E-state index is -0.828. The van der Waals surface area contributed by atoms with Crippen molar-refractivity contribution in [2.75, 3.05) is 0 Å². The number of carboxylic acid groups (broad SMARTS) is 1. The number of pyridine rings is 1. The Morgan fingerprint density at radius 3 is 2.87 bits per heavy atom. The molecule has 2 rings (SSSR count).